The molecular formula is C19H19N3O3. The molecule has 0 atom stereocenters. The Hall–Kier alpha value is -3.28. The third-order valence-corrected chi connectivity index (χ3v) is 3.59. The number of hydrogen-bond donors (Lipinski definition) is 1. The van der Waals surface area contributed by atoms with Crippen LogP contribution in [-0.2, 0) is 0 Å². The predicted octanol–water partition coefficient (Wildman–Crippen LogP) is 4.31. The SMILES string of the molecule is COc1ccc(OC)c(/C=C/c2nnc(Nc3ccc(C)cc3)o2)c1. The van der Waals surface area contributed by atoms with Gasteiger partial charge in [-0.15, -0.1) is 5.10 Å². The molecule has 0 amide bonds. The molecule has 1 heterocycles. The molecule has 0 fully saturated rings. The van der Waals surface area contributed by atoms with E-state index in [0.29, 0.717) is 11.9 Å². The highest BCUT2D eigenvalue weighted by molar-refractivity contribution is 5.71. The molecule has 3 aromatic rings. The van der Waals surface area contributed by atoms with E-state index < -0.39 is 0 Å². The second kappa shape index (κ2) is 7.53. The Morgan fingerprint density at radius 2 is 1.76 bits per heavy atom. The average Bonchev–Trinajstić information content (AvgIpc) is 3.09. The fraction of sp³-hybridized carbons (Fsp3) is 0.158. The van der Waals surface area contributed by atoms with Crippen molar-refractivity contribution in [2.45, 2.75) is 6.92 Å². The summed E-state index contributed by atoms with van der Waals surface area (Å²) in [6.07, 6.45) is 3.56. The van der Waals surface area contributed by atoms with Crippen molar-refractivity contribution in [1.29, 1.82) is 0 Å². The van der Waals surface area contributed by atoms with Gasteiger partial charge in [0.15, 0.2) is 0 Å². The number of benzene rings is 2. The Bertz CT molecular complexity index is 870. The molecule has 2 aromatic carbocycles. The van der Waals surface area contributed by atoms with Crippen LogP contribution in [0.5, 0.6) is 11.5 Å². The van der Waals surface area contributed by atoms with Crippen molar-refractivity contribution in [2.24, 2.45) is 0 Å². The highest BCUT2D eigenvalue weighted by Crippen LogP contribution is 2.26. The van der Waals surface area contributed by atoms with E-state index in [4.69, 9.17) is 13.9 Å². The summed E-state index contributed by atoms with van der Waals surface area (Å²) >= 11 is 0. The standard InChI is InChI=1S/C19H19N3O3/c1-13-4-7-15(8-5-13)20-19-22-21-18(25-19)11-6-14-12-16(23-2)9-10-17(14)24-3/h4-12H,1-3H3,(H,20,22)/b11-6+. The van der Waals surface area contributed by atoms with Gasteiger partial charge in [-0.25, -0.2) is 0 Å². The minimum Gasteiger partial charge on any atom is -0.497 e. The Labute approximate surface area is 146 Å². The van der Waals surface area contributed by atoms with Gasteiger partial charge in [-0.1, -0.05) is 22.8 Å². The first-order chi connectivity index (χ1) is 12.2. The molecule has 128 valence electrons. The number of nitrogens with one attached hydrogen (secondary N) is 1. The van der Waals surface area contributed by atoms with Crippen molar-refractivity contribution in [2.75, 3.05) is 19.5 Å². The van der Waals surface area contributed by atoms with Crippen molar-refractivity contribution < 1.29 is 13.9 Å². The molecule has 0 bridgehead atoms. The van der Waals surface area contributed by atoms with E-state index in [2.05, 4.69) is 15.5 Å². The zero-order valence-electron chi connectivity index (χ0n) is 14.3. The lowest BCUT2D eigenvalue weighted by molar-refractivity contribution is 0.402. The van der Waals surface area contributed by atoms with Crippen LogP contribution in [0.15, 0.2) is 46.9 Å². The maximum atomic E-state index is 5.58. The molecule has 0 saturated carbocycles. The smallest absolute Gasteiger partial charge is 0.320 e. The lowest BCUT2D eigenvalue weighted by Crippen LogP contribution is -1.89. The van der Waals surface area contributed by atoms with E-state index in [-0.39, 0.29) is 0 Å². The molecule has 0 aliphatic carbocycles. The number of anilines is 2. The van der Waals surface area contributed by atoms with E-state index in [1.54, 1.807) is 20.3 Å². The Morgan fingerprint density at radius 1 is 0.960 bits per heavy atom. The maximum absolute atomic E-state index is 5.58. The molecule has 0 radical (unpaired) electrons. The van der Waals surface area contributed by atoms with Crippen LogP contribution < -0.4 is 14.8 Å². The maximum Gasteiger partial charge on any atom is 0.320 e. The van der Waals surface area contributed by atoms with Gasteiger partial charge in [0.25, 0.3) is 0 Å². The number of methoxy groups -OCH3 is 2. The molecule has 0 aliphatic rings. The lowest BCUT2D eigenvalue weighted by atomic mass is 10.1. The van der Waals surface area contributed by atoms with Crippen LogP contribution in [0.4, 0.5) is 11.7 Å². The Balaban J connectivity index is 1.74. The number of hydrogen-bond acceptors (Lipinski definition) is 6. The molecule has 6 nitrogen and oxygen atoms in total. The molecule has 0 unspecified atom stereocenters. The van der Waals surface area contributed by atoms with Gasteiger partial charge < -0.3 is 19.2 Å². The first kappa shape index (κ1) is 16.6. The minimum absolute atomic E-state index is 0.334. The first-order valence-electron chi connectivity index (χ1n) is 7.75. The minimum atomic E-state index is 0.334. The molecule has 1 N–H and O–H groups in total. The van der Waals surface area contributed by atoms with Gasteiger partial charge in [0.05, 0.1) is 14.2 Å². The molecule has 6 heteroatoms. The predicted molar refractivity (Wildman–Crippen MR) is 97.2 cm³/mol. The monoisotopic (exact) mass is 337 g/mol. The van der Waals surface area contributed by atoms with Gasteiger partial charge in [-0.05, 0) is 43.3 Å². The molecule has 25 heavy (non-hydrogen) atoms. The van der Waals surface area contributed by atoms with Crippen LogP contribution in [0.2, 0.25) is 0 Å². The topological polar surface area (TPSA) is 69.4 Å². The highest BCUT2D eigenvalue weighted by atomic mass is 16.5. The summed E-state index contributed by atoms with van der Waals surface area (Å²) in [5.41, 5.74) is 2.93. The lowest BCUT2D eigenvalue weighted by Gasteiger charge is -2.06. The fourth-order valence-corrected chi connectivity index (χ4v) is 2.24. The molecule has 0 aliphatic heterocycles. The number of rotatable bonds is 6. The average molecular weight is 337 g/mol. The summed E-state index contributed by atoms with van der Waals surface area (Å²) in [5, 5.41) is 11.1. The van der Waals surface area contributed by atoms with Crippen molar-refractivity contribution >= 4 is 23.9 Å². The number of aryl methyl sites for hydroxylation is 1. The van der Waals surface area contributed by atoms with E-state index in [9.17, 15) is 0 Å². The quantitative estimate of drug-likeness (QED) is 0.723. The number of nitrogens with zero attached hydrogens (tertiary/aromatic N) is 2. The number of aromatic nitrogens is 2. The zero-order chi connectivity index (χ0) is 17.6. The van der Waals surface area contributed by atoms with Crippen LogP contribution >= 0.6 is 0 Å². The number of ether oxygens (including phenoxy) is 2. The normalized spacial score (nSPS) is 10.8. The van der Waals surface area contributed by atoms with Crippen molar-refractivity contribution in [3.63, 3.8) is 0 Å². The molecule has 0 spiro atoms. The van der Waals surface area contributed by atoms with E-state index in [0.717, 1.165) is 22.7 Å². The Kier molecular flexibility index (Phi) is 4.99. The zero-order valence-corrected chi connectivity index (χ0v) is 14.3. The van der Waals surface area contributed by atoms with Gasteiger partial charge in [0, 0.05) is 17.3 Å². The summed E-state index contributed by atoms with van der Waals surface area (Å²) in [4.78, 5) is 0. The summed E-state index contributed by atoms with van der Waals surface area (Å²) in [7, 11) is 3.24. The highest BCUT2D eigenvalue weighted by Gasteiger charge is 2.05. The summed E-state index contributed by atoms with van der Waals surface area (Å²) in [6, 6.07) is 13.8. The van der Waals surface area contributed by atoms with Crippen LogP contribution in [0.1, 0.15) is 17.0 Å². The molecule has 3 rings (SSSR count). The molecule has 1 aromatic heterocycles. The summed E-state index contributed by atoms with van der Waals surface area (Å²) in [6.45, 7) is 2.03. The van der Waals surface area contributed by atoms with Crippen LogP contribution in [0, 0.1) is 6.92 Å². The third kappa shape index (κ3) is 4.17. The third-order valence-electron chi connectivity index (χ3n) is 3.59. The van der Waals surface area contributed by atoms with Gasteiger partial charge >= 0.3 is 6.01 Å². The van der Waals surface area contributed by atoms with Gasteiger partial charge in [-0.3, -0.25) is 0 Å². The Morgan fingerprint density at radius 3 is 2.48 bits per heavy atom. The van der Waals surface area contributed by atoms with E-state index >= 15 is 0 Å². The summed E-state index contributed by atoms with van der Waals surface area (Å²) < 4.78 is 16.2. The van der Waals surface area contributed by atoms with Gasteiger partial charge in [-0.2, -0.15) is 0 Å². The van der Waals surface area contributed by atoms with Gasteiger partial charge in [0.1, 0.15) is 11.5 Å². The largest absolute Gasteiger partial charge is 0.497 e. The molecule has 0 saturated heterocycles. The van der Waals surface area contributed by atoms with Gasteiger partial charge in [0.2, 0.25) is 5.89 Å². The second-order valence-corrected chi connectivity index (χ2v) is 5.38. The van der Waals surface area contributed by atoms with Crippen molar-refractivity contribution in [3.8, 4) is 11.5 Å². The van der Waals surface area contributed by atoms with Crippen molar-refractivity contribution in [1.82, 2.24) is 10.2 Å². The second-order valence-electron chi connectivity index (χ2n) is 5.38. The van der Waals surface area contributed by atoms with E-state index in [1.807, 2.05) is 55.5 Å². The van der Waals surface area contributed by atoms with E-state index in [1.165, 1.54) is 5.56 Å². The van der Waals surface area contributed by atoms with Crippen molar-refractivity contribution in [3.05, 3.63) is 59.5 Å². The van der Waals surface area contributed by atoms with Crippen LogP contribution in [0.25, 0.3) is 12.2 Å². The summed E-state index contributed by atoms with van der Waals surface area (Å²) in [5.74, 6) is 1.86. The molecular weight excluding hydrogens is 318 g/mol. The van der Waals surface area contributed by atoms with Crippen LogP contribution in [-0.4, -0.2) is 24.4 Å². The first-order valence-corrected chi connectivity index (χ1v) is 7.75. The fourth-order valence-electron chi connectivity index (χ4n) is 2.24. The van der Waals surface area contributed by atoms with Crippen LogP contribution in [0.3, 0.4) is 0 Å².